The third-order valence-corrected chi connectivity index (χ3v) is 3.59. The Balaban J connectivity index is 2.77. The number of hydrogen-bond acceptors (Lipinski definition) is 3. The first-order chi connectivity index (χ1) is 9.99. The molecule has 0 radical (unpaired) electrons. The molecule has 0 spiro atoms. The van der Waals surface area contributed by atoms with Crippen molar-refractivity contribution in [1.29, 1.82) is 0 Å². The van der Waals surface area contributed by atoms with Crippen LogP contribution in [0.2, 0.25) is 0 Å². The fourth-order valence-electron chi connectivity index (χ4n) is 2.31. The van der Waals surface area contributed by atoms with E-state index >= 15 is 0 Å². The first-order valence-electron chi connectivity index (χ1n) is 7.79. The molecule has 0 heterocycles. The molecular weight excluding hydrogens is 262 g/mol. The minimum absolute atomic E-state index is 0.175. The second-order valence-corrected chi connectivity index (χ2v) is 5.59. The van der Waals surface area contributed by atoms with Gasteiger partial charge in [-0.05, 0) is 25.5 Å². The predicted octanol–water partition coefficient (Wildman–Crippen LogP) is 2.49. The van der Waals surface area contributed by atoms with Crippen molar-refractivity contribution in [3.63, 3.8) is 0 Å². The van der Waals surface area contributed by atoms with E-state index in [9.17, 15) is 4.79 Å². The maximum absolute atomic E-state index is 12.2. The van der Waals surface area contributed by atoms with Crippen molar-refractivity contribution in [2.75, 3.05) is 31.6 Å². The van der Waals surface area contributed by atoms with Gasteiger partial charge < -0.3 is 15.1 Å². The summed E-state index contributed by atoms with van der Waals surface area (Å²) in [7, 11) is 1.98. The topological polar surface area (TPSA) is 35.6 Å². The van der Waals surface area contributed by atoms with Gasteiger partial charge in [0.1, 0.15) is 0 Å². The lowest BCUT2D eigenvalue weighted by Gasteiger charge is -2.26. The largest absolute Gasteiger partial charge is 0.365 e. The van der Waals surface area contributed by atoms with E-state index in [1.165, 1.54) is 5.56 Å². The maximum atomic E-state index is 12.2. The average molecular weight is 291 g/mol. The minimum Gasteiger partial charge on any atom is -0.365 e. The van der Waals surface area contributed by atoms with Gasteiger partial charge in [-0.3, -0.25) is 4.79 Å². The third kappa shape index (κ3) is 5.38. The van der Waals surface area contributed by atoms with Crippen LogP contribution < -0.4 is 10.2 Å². The van der Waals surface area contributed by atoms with E-state index in [1.54, 1.807) is 0 Å². The molecule has 1 rings (SSSR count). The number of benzene rings is 1. The van der Waals surface area contributed by atoms with Crippen molar-refractivity contribution >= 4 is 11.6 Å². The molecule has 0 aliphatic carbocycles. The quantitative estimate of drug-likeness (QED) is 0.799. The van der Waals surface area contributed by atoms with E-state index in [4.69, 9.17) is 0 Å². The minimum atomic E-state index is 0.175. The lowest BCUT2D eigenvalue weighted by atomic mass is 10.1. The van der Waals surface area contributed by atoms with Gasteiger partial charge in [-0.25, -0.2) is 0 Å². The molecule has 0 saturated carbocycles. The highest BCUT2D eigenvalue weighted by Gasteiger charge is 2.14. The van der Waals surface area contributed by atoms with Crippen molar-refractivity contribution in [1.82, 2.24) is 10.2 Å². The van der Waals surface area contributed by atoms with Crippen molar-refractivity contribution in [2.24, 2.45) is 0 Å². The number of likely N-dealkylation sites (N-methyl/N-ethyl adjacent to an activating group) is 2. The Kier molecular flexibility index (Phi) is 7.23. The monoisotopic (exact) mass is 291 g/mol. The highest BCUT2D eigenvalue weighted by molar-refractivity contribution is 5.81. The van der Waals surface area contributed by atoms with E-state index in [0.717, 1.165) is 25.3 Å². The molecule has 0 aliphatic heterocycles. The van der Waals surface area contributed by atoms with Crippen LogP contribution in [0.5, 0.6) is 0 Å². The summed E-state index contributed by atoms with van der Waals surface area (Å²) in [6, 6.07) is 8.70. The van der Waals surface area contributed by atoms with Crippen LogP contribution in [0.15, 0.2) is 24.3 Å². The smallest absolute Gasteiger partial charge is 0.242 e. The molecule has 4 nitrogen and oxygen atoms in total. The molecule has 0 fully saturated rings. The normalized spacial score (nSPS) is 10.8. The van der Waals surface area contributed by atoms with Crippen molar-refractivity contribution in [2.45, 2.75) is 40.3 Å². The number of nitrogens with one attached hydrogen (secondary N) is 1. The first kappa shape index (κ1) is 17.5. The van der Waals surface area contributed by atoms with E-state index in [0.29, 0.717) is 12.6 Å². The molecule has 0 bridgehead atoms. The fourth-order valence-corrected chi connectivity index (χ4v) is 2.31. The molecule has 1 amide bonds. The van der Waals surface area contributed by atoms with E-state index < -0.39 is 0 Å². The zero-order valence-corrected chi connectivity index (χ0v) is 14.0. The van der Waals surface area contributed by atoms with Crippen LogP contribution in [0, 0.1) is 0 Å². The van der Waals surface area contributed by atoms with Crippen molar-refractivity contribution < 1.29 is 4.79 Å². The molecule has 0 saturated heterocycles. The number of amides is 1. The van der Waals surface area contributed by atoms with Crippen LogP contribution >= 0.6 is 0 Å². The maximum Gasteiger partial charge on any atom is 0.242 e. The van der Waals surface area contributed by atoms with Crippen molar-refractivity contribution in [3.05, 3.63) is 29.8 Å². The van der Waals surface area contributed by atoms with E-state index in [-0.39, 0.29) is 5.91 Å². The molecule has 118 valence electrons. The van der Waals surface area contributed by atoms with E-state index in [1.807, 2.05) is 42.8 Å². The van der Waals surface area contributed by atoms with Gasteiger partial charge >= 0.3 is 0 Å². The summed E-state index contributed by atoms with van der Waals surface area (Å²) in [6.07, 6.45) is 0. The molecule has 1 aromatic rings. The second-order valence-electron chi connectivity index (χ2n) is 5.59. The SMILES string of the molecule is CCN(CC)C(=O)CN(C)c1ccccc1CNC(C)C. The van der Waals surface area contributed by atoms with Gasteiger partial charge in [-0.15, -0.1) is 0 Å². The Morgan fingerprint density at radius 3 is 2.38 bits per heavy atom. The zero-order valence-electron chi connectivity index (χ0n) is 14.0. The van der Waals surface area contributed by atoms with Gasteiger partial charge in [0.15, 0.2) is 0 Å². The van der Waals surface area contributed by atoms with Gasteiger partial charge in [0.05, 0.1) is 6.54 Å². The lowest BCUT2D eigenvalue weighted by molar-refractivity contribution is -0.129. The standard InChI is InChI=1S/C17H29N3O/c1-6-20(7-2)17(21)13-19(5)16-11-9-8-10-15(16)12-18-14(3)4/h8-11,14,18H,6-7,12-13H2,1-5H3. The first-order valence-corrected chi connectivity index (χ1v) is 7.79. The summed E-state index contributed by atoms with van der Waals surface area (Å²) in [4.78, 5) is 16.1. The molecule has 0 atom stereocenters. The van der Waals surface area contributed by atoms with Crippen LogP contribution in [0.3, 0.4) is 0 Å². The van der Waals surface area contributed by atoms with Crippen LogP contribution in [0.1, 0.15) is 33.3 Å². The van der Waals surface area contributed by atoms with Crippen LogP contribution in [-0.2, 0) is 11.3 Å². The van der Waals surface area contributed by atoms with Crippen LogP contribution in [-0.4, -0.2) is 43.5 Å². The summed E-state index contributed by atoms with van der Waals surface area (Å²) in [5.74, 6) is 0.175. The van der Waals surface area contributed by atoms with Gasteiger partial charge in [0, 0.05) is 38.4 Å². The second kappa shape index (κ2) is 8.67. The Hall–Kier alpha value is -1.55. The molecule has 1 aromatic carbocycles. The molecule has 1 N–H and O–H groups in total. The molecular formula is C17H29N3O. The molecule has 4 heteroatoms. The van der Waals surface area contributed by atoms with Gasteiger partial charge in [0.2, 0.25) is 5.91 Å². The average Bonchev–Trinajstić information content (AvgIpc) is 2.46. The van der Waals surface area contributed by atoms with Gasteiger partial charge in [0.25, 0.3) is 0 Å². The van der Waals surface area contributed by atoms with Gasteiger partial charge in [-0.2, -0.15) is 0 Å². The Morgan fingerprint density at radius 2 is 1.81 bits per heavy atom. The zero-order chi connectivity index (χ0) is 15.8. The Labute approximate surface area is 129 Å². The van der Waals surface area contributed by atoms with Crippen LogP contribution in [0.4, 0.5) is 5.69 Å². The van der Waals surface area contributed by atoms with E-state index in [2.05, 4.69) is 31.3 Å². The third-order valence-electron chi connectivity index (χ3n) is 3.59. The summed E-state index contributed by atoms with van der Waals surface area (Å²) in [6.45, 7) is 11.1. The predicted molar refractivity (Wildman–Crippen MR) is 89.6 cm³/mol. The van der Waals surface area contributed by atoms with Crippen LogP contribution in [0.25, 0.3) is 0 Å². The number of carbonyl (C=O) groups excluding carboxylic acids is 1. The Morgan fingerprint density at radius 1 is 1.19 bits per heavy atom. The lowest BCUT2D eigenvalue weighted by Crippen LogP contribution is -2.39. The number of anilines is 1. The Bertz CT molecular complexity index is 441. The number of nitrogens with zero attached hydrogens (tertiary/aromatic N) is 2. The van der Waals surface area contributed by atoms with Crippen molar-refractivity contribution in [3.8, 4) is 0 Å². The summed E-state index contributed by atoms with van der Waals surface area (Å²) in [5, 5.41) is 3.43. The fraction of sp³-hybridized carbons (Fsp3) is 0.588. The summed E-state index contributed by atoms with van der Waals surface area (Å²) < 4.78 is 0. The molecule has 0 aliphatic rings. The summed E-state index contributed by atoms with van der Waals surface area (Å²) in [5.41, 5.74) is 2.34. The molecule has 0 unspecified atom stereocenters. The molecule has 0 aromatic heterocycles. The van der Waals surface area contributed by atoms with Gasteiger partial charge in [-0.1, -0.05) is 32.0 Å². The number of hydrogen-bond donors (Lipinski definition) is 1. The summed E-state index contributed by atoms with van der Waals surface area (Å²) >= 11 is 0. The highest BCUT2D eigenvalue weighted by atomic mass is 16.2. The number of carbonyl (C=O) groups is 1. The number of rotatable bonds is 8. The molecule has 21 heavy (non-hydrogen) atoms. The highest BCUT2D eigenvalue weighted by Crippen LogP contribution is 2.19. The number of para-hydroxylation sites is 1.